The molecule has 1 fully saturated rings. The summed E-state index contributed by atoms with van der Waals surface area (Å²) >= 11 is 0. The molecule has 1 aromatic rings. The lowest BCUT2D eigenvalue weighted by Crippen LogP contribution is -2.46. The Bertz CT molecular complexity index is 482. The lowest BCUT2D eigenvalue weighted by atomic mass is 9.81. The van der Waals surface area contributed by atoms with E-state index in [-0.39, 0.29) is 24.3 Å². The molecule has 0 radical (unpaired) electrons. The van der Waals surface area contributed by atoms with Crippen LogP contribution in [0.2, 0.25) is 0 Å². The summed E-state index contributed by atoms with van der Waals surface area (Å²) in [5.74, 6) is -0.241. The molecule has 102 valence electrons. The van der Waals surface area contributed by atoms with Crippen molar-refractivity contribution in [1.29, 1.82) is 0 Å². The van der Waals surface area contributed by atoms with Gasteiger partial charge in [0.05, 0.1) is 11.5 Å². The van der Waals surface area contributed by atoms with Gasteiger partial charge in [-0.2, -0.15) is 0 Å². The third-order valence-corrected chi connectivity index (χ3v) is 3.98. The quantitative estimate of drug-likeness (QED) is 0.833. The van der Waals surface area contributed by atoms with E-state index in [0.717, 1.165) is 5.56 Å². The highest BCUT2D eigenvalue weighted by Gasteiger charge is 2.50. The van der Waals surface area contributed by atoms with E-state index in [1.54, 1.807) is 0 Å². The summed E-state index contributed by atoms with van der Waals surface area (Å²) in [4.78, 5) is 26.2. The molecule has 19 heavy (non-hydrogen) atoms. The van der Waals surface area contributed by atoms with Crippen molar-refractivity contribution in [1.82, 2.24) is 4.90 Å². The van der Waals surface area contributed by atoms with Gasteiger partial charge >= 0.3 is 0 Å². The Labute approximate surface area is 113 Å². The van der Waals surface area contributed by atoms with Crippen molar-refractivity contribution in [3.05, 3.63) is 35.9 Å². The zero-order valence-corrected chi connectivity index (χ0v) is 11.4. The van der Waals surface area contributed by atoms with Crippen molar-refractivity contribution in [3.63, 3.8) is 0 Å². The minimum absolute atomic E-state index is 0.117. The van der Waals surface area contributed by atoms with E-state index in [0.29, 0.717) is 13.0 Å². The Morgan fingerprint density at radius 2 is 1.95 bits per heavy atom. The highest BCUT2D eigenvalue weighted by molar-refractivity contribution is 6.09. The predicted molar refractivity (Wildman–Crippen MR) is 73.4 cm³/mol. The Morgan fingerprint density at radius 1 is 1.32 bits per heavy atom. The van der Waals surface area contributed by atoms with E-state index in [2.05, 4.69) is 0 Å². The molecule has 0 saturated carbocycles. The number of hydrogen-bond donors (Lipinski definition) is 1. The molecule has 0 aromatic heterocycles. The summed E-state index contributed by atoms with van der Waals surface area (Å²) < 4.78 is 0. The van der Waals surface area contributed by atoms with Gasteiger partial charge in [0.1, 0.15) is 0 Å². The van der Waals surface area contributed by atoms with Crippen LogP contribution in [0.5, 0.6) is 0 Å². The second-order valence-electron chi connectivity index (χ2n) is 5.24. The Balaban J connectivity index is 2.37. The summed E-state index contributed by atoms with van der Waals surface area (Å²) in [5, 5.41) is 0. The number of benzene rings is 1. The highest BCUT2D eigenvalue weighted by Crippen LogP contribution is 2.37. The van der Waals surface area contributed by atoms with Gasteiger partial charge in [0, 0.05) is 13.0 Å². The Kier molecular flexibility index (Phi) is 3.71. The number of amides is 2. The molecule has 0 spiro atoms. The van der Waals surface area contributed by atoms with Gasteiger partial charge in [-0.25, -0.2) is 0 Å². The molecule has 1 heterocycles. The van der Waals surface area contributed by atoms with Crippen LogP contribution in [-0.4, -0.2) is 29.3 Å². The van der Waals surface area contributed by atoms with Crippen LogP contribution in [0.1, 0.15) is 32.3 Å². The van der Waals surface area contributed by atoms with E-state index >= 15 is 0 Å². The average molecular weight is 260 g/mol. The van der Waals surface area contributed by atoms with Gasteiger partial charge in [-0.1, -0.05) is 37.3 Å². The normalized spacial score (nSPS) is 24.9. The first kappa shape index (κ1) is 13.7. The fourth-order valence-corrected chi connectivity index (χ4v) is 2.70. The van der Waals surface area contributed by atoms with Gasteiger partial charge in [-0.3, -0.25) is 14.5 Å². The van der Waals surface area contributed by atoms with Crippen LogP contribution in [-0.2, 0) is 15.0 Å². The molecule has 2 amide bonds. The van der Waals surface area contributed by atoms with Crippen molar-refractivity contribution in [3.8, 4) is 0 Å². The Hall–Kier alpha value is -1.68. The molecular formula is C15H20N2O2. The molecule has 1 aromatic carbocycles. The van der Waals surface area contributed by atoms with Gasteiger partial charge in [-0.15, -0.1) is 0 Å². The smallest absolute Gasteiger partial charge is 0.240 e. The van der Waals surface area contributed by atoms with Crippen molar-refractivity contribution in [2.24, 2.45) is 5.73 Å². The first-order chi connectivity index (χ1) is 9.04. The first-order valence-corrected chi connectivity index (χ1v) is 6.66. The van der Waals surface area contributed by atoms with Gasteiger partial charge in [0.2, 0.25) is 11.8 Å². The van der Waals surface area contributed by atoms with Crippen molar-refractivity contribution >= 4 is 11.8 Å². The molecule has 1 saturated heterocycles. The average Bonchev–Trinajstić information content (AvgIpc) is 2.66. The van der Waals surface area contributed by atoms with Crippen LogP contribution >= 0.6 is 0 Å². The number of imide groups is 1. The van der Waals surface area contributed by atoms with Crippen LogP contribution in [0.15, 0.2) is 30.3 Å². The zero-order valence-electron chi connectivity index (χ0n) is 11.4. The number of carbonyl (C=O) groups excluding carboxylic acids is 2. The predicted octanol–water partition coefficient (Wildman–Crippen LogP) is 1.44. The lowest BCUT2D eigenvalue weighted by Gasteiger charge is -2.27. The molecule has 0 bridgehead atoms. The number of nitrogens with two attached hydrogens (primary N) is 1. The first-order valence-electron chi connectivity index (χ1n) is 6.66. The topological polar surface area (TPSA) is 63.4 Å². The van der Waals surface area contributed by atoms with E-state index in [9.17, 15) is 9.59 Å². The molecule has 2 atom stereocenters. The fourth-order valence-electron chi connectivity index (χ4n) is 2.70. The van der Waals surface area contributed by atoms with Gasteiger partial charge < -0.3 is 5.73 Å². The molecular weight excluding hydrogens is 240 g/mol. The van der Waals surface area contributed by atoms with E-state index in [4.69, 9.17) is 5.73 Å². The molecule has 1 aliphatic rings. The SMILES string of the molecule is CCC(CN)N1C(=O)CC(C)(c2ccccc2)C1=O. The maximum atomic E-state index is 12.6. The van der Waals surface area contributed by atoms with Crippen LogP contribution in [0.3, 0.4) is 0 Å². The third kappa shape index (κ3) is 2.16. The minimum Gasteiger partial charge on any atom is -0.328 e. The van der Waals surface area contributed by atoms with Crippen LogP contribution < -0.4 is 5.73 Å². The van der Waals surface area contributed by atoms with Crippen LogP contribution in [0.25, 0.3) is 0 Å². The second kappa shape index (κ2) is 5.13. The second-order valence-corrected chi connectivity index (χ2v) is 5.24. The molecule has 1 aliphatic heterocycles. The number of likely N-dealkylation sites (tertiary alicyclic amines) is 1. The van der Waals surface area contributed by atoms with Crippen molar-refractivity contribution in [2.75, 3.05) is 6.54 Å². The Morgan fingerprint density at radius 3 is 2.47 bits per heavy atom. The van der Waals surface area contributed by atoms with Crippen LogP contribution in [0.4, 0.5) is 0 Å². The number of hydrogen-bond acceptors (Lipinski definition) is 3. The summed E-state index contributed by atoms with van der Waals surface area (Å²) in [5.41, 5.74) is 5.81. The summed E-state index contributed by atoms with van der Waals surface area (Å²) in [6.07, 6.45) is 0.922. The summed E-state index contributed by atoms with van der Waals surface area (Å²) in [7, 11) is 0. The molecule has 2 rings (SSSR count). The third-order valence-electron chi connectivity index (χ3n) is 3.98. The van der Waals surface area contributed by atoms with Gasteiger partial charge in [0.25, 0.3) is 0 Å². The lowest BCUT2D eigenvalue weighted by molar-refractivity contribution is -0.142. The van der Waals surface area contributed by atoms with E-state index in [1.165, 1.54) is 4.90 Å². The molecule has 4 heteroatoms. The standard InChI is InChI=1S/C15H20N2O2/c1-3-12(10-16)17-13(18)9-15(2,14(17)19)11-7-5-4-6-8-11/h4-8,12H,3,9-10,16H2,1-2H3. The molecule has 2 N–H and O–H groups in total. The largest absolute Gasteiger partial charge is 0.328 e. The monoisotopic (exact) mass is 260 g/mol. The number of carbonyl (C=O) groups is 2. The highest BCUT2D eigenvalue weighted by atomic mass is 16.2. The van der Waals surface area contributed by atoms with Gasteiger partial charge in [0.15, 0.2) is 0 Å². The van der Waals surface area contributed by atoms with Gasteiger partial charge in [-0.05, 0) is 18.9 Å². The summed E-state index contributed by atoms with van der Waals surface area (Å²) in [6.45, 7) is 4.10. The fraction of sp³-hybridized carbons (Fsp3) is 0.467. The minimum atomic E-state index is -0.749. The maximum absolute atomic E-state index is 12.6. The maximum Gasteiger partial charge on any atom is 0.240 e. The van der Waals surface area contributed by atoms with Crippen molar-refractivity contribution in [2.45, 2.75) is 38.1 Å². The van der Waals surface area contributed by atoms with Crippen molar-refractivity contribution < 1.29 is 9.59 Å². The zero-order chi connectivity index (χ0) is 14.0. The van der Waals surface area contributed by atoms with E-state index < -0.39 is 5.41 Å². The summed E-state index contributed by atoms with van der Waals surface area (Å²) in [6, 6.07) is 9.30. The number of rotatable bonds is 4. The molecule has 2 unspecified atom stereocenters. The van der Waals surface area contributed by atoms with E-state index in [1.807, 2.05) is 44.2 Å². The van der Waals surface area contributed by atoms with Crippen LogP contribution in [0, 0.1) is 0 Å². The molecule has 0 aliphatic carbocycles. The molecule has 4 nitrogen and oxygen atoms in total. The number of nitrogens with zero attached hydrogens (tertiary/aromatic N) is 1.